The number of aliphatic hydroxyl groups excluding tert-OH is 2. The number of ether oxygens (including phenoxy) is 2. The Kier molecular flexibility index (Phi) is 8.08. The van der Waals surface area contributed by atoms with Crippen LogP contribution in [-0.2, 0) is 5.41 Å². The van der Waals surface area contributed by atoms with Gasteiger partial charge >= 0.3 is 0 Å². The molecule has 4 nitrogen and oxygen atoms in total. The zero-order valence-corrected chi connectivity index (χ0v) is 25.2. The molecule has 6 aromatic carbocycles. The molecule has 7 rings (SSSR count). The highest BCUT2D eigenvalue weighted by atomic mass is 16.5. The first-order valence-electron chi connectivity index (χ1n) is 15.6. The molecule has 224 valence electrons. The van der Waals surface area contributed by atoms with Crippen LogP contribution in [0, 0.1) is 0 Å². The fraction of sp³-hybridized carbons (Fsp3) is 0.171. The summed E-state index contributed by atoms with van der Waals surface area (Å²) in [5.41, 5.74) is 8.99. The minimum atomic E-state index is -0.610. The molecule has 0 heterocycles. The molecule has 2 N–H and O–H groups in total. The van der Waals surface area contributed by atoms with E-state index in [9.17, 15) is 10.2 Å². The van der Waals surface area contributed by atoms with Crippen molar-refractivity contribution in [1.82, 2.24) is 0 Å². The smallest absolute Gasteiger partial charge is 0.119 e. The average Bonchev–Trinajstić information content (AvgIpc) is 3.40. The monoisotopic (exact) mass is 592 g/mol. The number of hydrogen-bond acceptors (Lipinski definition) is 4. The van der Waals surface area contributed by atoms with Crippen molar-refractivity contribution < 1.29 is 19.7 Å². The molecule has 0 amide bonds. The summed E-state index contributed by atoms with van der Waals surface area (Å²) in [6.07, 6.45) is 1.18. The van der Waals surface area contributed by atoms with Crippen molar-refractivity contribution in [2.24, 2.45) is 0 Å². The number of aliphatic hydroxyl groups is 2. The van der Waals surface area contributed by atoms with Gasteiger partial charge in [-0.3, -0.25) is 0 Å². The third kappa shape index (κ3) is 5.16. The van der Waals surface area contributed by atoms with Gasteiger partial charge in [0.15, 0.2) is 0 Å². The summed E-state index contributed by atoms with van der Waals surface area (Å²) in [7, 11) is 0. The van der Waals surface area contributed by atoms with E-state index in [1.54, 1.807) is 0 Å². The van der Waals surface area contributed by atoms with E-state index in [0.717, 1.165) is 22.6 Å². The van der Waals surface area contributed by atoms with Gasteiger partial charge in [-0.25, -0.2) is 0 Å². The molecule has 0 radical (unpaired) electrons. The summed E-state index contributed by atoms with van der Waals surface area (Å²) < 4.78 is 11.9. The Bertz CT molecular complexity index is 1870. The van der Waals surface area contributed by atoms with Crippen molar-refractivity contribution >= 4 is 10.8 Å². The van der Waals surface area contributed by atoms with E-state index < -0.39 is 5.41 Å². The molecule has 45 heavy (non-hydrogen) atoms. The first-order valence-corrected chi connectivity index (χ1v) is 15.6. The lowest BCUT2D eigenvalue weighted by Gasteiger charge is -2.35. The molecule has 1 aliphatic carbocycles. The van der Waals surface area contributed by atoms with E-state index >= 15 is 0 Å². The van der Waals surface area contributed by atoms with Gasteiger partial charge in [0, 0.05) is 26.1 Å². The molecule has 6 aromatic rings. The lowest BCUT2D eigenvalue weighted by atomic mass is 9.66. The third-order valence-corrected chi connectivity index (χ3v) is 8.84. The summed E-state index contributed by atoms with van der Waals surface area (Å²) in [5.74, 6) is 1.56. The van der Waals surface area contributed by atoms with Gasteiger partial charge in [0.2, 0.25) is 0 Å². The zero-order valence-electron chi connectivity index (χ0n) is 25.2. The van der Waals surface area contributed by atoms with Crippen LogP contribution in [0.2, 0.25) is 0 Å². The fourth-order valence-corrected chi connectivity index (χ4v) is 6.84. The molecule has 4 heteroatoms. The van der Waals surface area contributed by atoms with Crippen LogP contribution in [0.1, 0.15) is 35.1 Å². The van der Waals surface area contributed by atoms with E-state index in [2.05, 4.69) is 109 Å². The normalized spacial score (nSPS) is 12.9. The van der Waals surface area contributed by atoms with Gasteiger partial charge < -0.3 is 19.7 Å². The standard InChI is InChI=1S/C41H36O4/c42-24-6-26-44-34-20-16-32(17-21-34)41(33-18-22-35(23-19-33)45-27-7-25-43)39-13-4-3-10-37(39)38-12-5-11-36(40(38)41)31-15-14-29-8-1-2-9-30(29)28-31/h1-5,8-23,28,42-43H,6-7,24-27H2. The van der Waals surface area contributed by atoms with Gasteiger partial charge in [-0.1, -0.05) is 103 Å². The minimum absolute atomic E-state index is 0.103. The predicted octanol–water partition coefficient (Wildman–Crippen LogP) is 8.39. The Morgan fingerprint density at radius 1 is 0.489 bits per heavy atom. The largest absolute Gasteiger partial charge is 0.494 e. The predicted molar refractivity (Wildman–Crippen MR) is 181 cm³/mol. The zero-order chi connectivity index (χ0) is 30.6. The van der Waals surface area contributed by atoms with Gasteiger partial charge in [-0.2, -0.15) is 0 Å². The lowest BCUT2D eigenvalue weighted by Crippen LogP contribution is -2.29. The number of benzene rings is 6. The summed E-state index contributed by atoms with van der Waals surface area (Å²) in [6, 6.07) is 47.6. The topological polar surface area (TPSA) is 58.9 Å². The van der Waals surface area contributed by atoms with Crippen LogP contribution < -0.4 is 9.47 Å². The van der Waals surface area contributed by atoms with Crippen LogP contribution in [0.25, 0.3) is 33.0 Å². The van der Waals surface area contributed by atoms with Gasteiger partial charge in [0.25, 0.3) is 0 Å². The van der Waals surface area contributed by atoms with Crippen LogP contribution in [0.15, 0.2) is 133 Å². The highest BCUT2D eigenvalue weighted by Gasteiger charge is 2.47. The molecule has 0 unspecified atom stereocenters. The van der Waals surface area contributed by atoms with Crippen LogP contribution in [-0.4, -0.2) is 36.6 Å². The molecule has 0 aliphatic heterocycles. The fourth-order valence-electron chi connectivity index (χ4n) is 6.84. The Balaban J connectivity index is 1.47. The Hall–Kier alpha value is -4.90. The molecule has 0 spiro atoms. The van der Waals surface area contributed by atoms with Crippen molar-refractivity contribution in [3.05, 3.63) is 156 Å². The third-order valence-electron chi connectivity index (χ3n) is 8.84. The van der Waals surface area contributed by atoms with Crippen LogP contribution in [0.5, 0.6) is 11.5 Å². The summed E-state index contributed by atoms with van der Waals surface area (Å²) in [6.45, 7) is 1.14. The summed E-state index contributed by atoms with van der Waals surface area (Å²) in [5, 5.41) is 20.9. The molecular weight excluding hydrogens is 556 g/mol. The molecule has 1 aliphatic rings. The van der Waals surface area contributed by atoms with Gasteiger partial charge in [-0.05, 0) is 85.6 Å². The second kappa shape index (κ2) is 12.6. The quantitative estimate of drug-likeness (QED) is 0.148. The molecular formula is C41H36O4. The lowest BCUT2D eigenvalue weighted by molar-refractivity contribution is 0.233. The van der Waals surface area contributed by atoms with Crippen LogP contribution in [0.3, 0.4) is 0 Å². The molecule has 0 aromatic heterocycles. The maximum Gasteiger partial charge on any atom is 0.119 e. The molecule has 0 saturated carbocycles. The van der Waals surface area contributed by atoms with Crippen molar-refractivity contribution in [3.8, 4) is 33.8 Å². The summed E-state index contributed by atoms with van der Waals surface area (Å²) >= 11 is 0. The summed E-state index contributed by atoms with van der Waals surface area (Å²) in [4.78, 5) is 0. The van der Waals surface area contributed by atoms with E-state index in [0.29, 0.717) is 26.1 Å². The number of fused-ring (bicyclic) bond motifs is 4. The van der Waals surface area contributed by atoms with Crippen molar-refractivity contribution in [1.29, 1.82) is 0 Å². The molecule has 0 bridgehead atoms. The van der Waals surface area contributed by atoms with Crippen LogP contribution in [0.4, 0.5) is 0 Å². The Labute approximate surface area is 264 Å². The molecule has 0 saturated heterocycles. The average molecular weight is 593 g/mol. The van der Waals surface area contributed by atoms with E-state index in [-0.39, 0.29) is 13.2 Å². The first-order chi connectivity index (χ1) is 22.2. The Morgan fingerprint density at radius 2 is 1.04 bits per heavy atom. The van der Waals surface area contributed by atoms with Crippen LogP contribution >= 0.6 is 0 Å². The number of hydrogen-bond donors (Lipinski definition) is 2. The molecule has 0 fully saturated rings. The minimum Gasteiger partial charge on any atom is -0.494 e. The highest BCUT2D eigenvalue weighted by molar-refractivity contribution is 5.95. The SMILES string of the molecule is OCCCOc1ccc(C2(c3ccc(OCCCO)cc3)c3ccccc3-c3cccc(-c4ccc5ccccc5c4)c32)cc1. The first kappa shape index (κ1) is 28.8. The number of rotatable bonds is 11. The van der Waals surface area contributed by atoms with E-state index in [4.69, 9.17) is 9.47 Å². The van der Waals surface area contributed by atoms with Crippen molar-refractivity contribution in [2.75, 3.05) is 26.4 Å². The maximum absolute atomic E-state index is 9.24. The van der Waals surface area contributed by atoms with Gasteiger partial charge in [-0.15, -0.1) is 0 Å². The van der Waals surface area contributed by atoms with E-state index in [1.807, 2.05) is 24.3 Å². The Morgan fingerprint density at radius 3 is 1.69 bits per heavy atom. The second-order valence-corrected chi connectivity index (χ2v) is 11.5. The molecule has 0 atom stereocenters. The highest BCUT2D eigenvalue weighted by Crippen LogP contribution is 2.59. The van der Waals surface area contributed by atoms with Crippen molar-refractivity contribution in [3.63, 3.8) is 0 Å². The maximum atomic E-state index is 9.24. The van der Waals surface area contributed by atoms with Gasteiger partial charge in [0.1, 0.15) is 11.5 Å². The van der Waals surface area contributed by atoms with Gasteiger partial charge in [0.05, 0.1) is 18.6 Å². The van der Waals surface area contributed by atoms with E-state index in [1.165, 1.54) is 44.2 Å². The second-order valence-electron chi connectivity index (χ2n) is 11.5. The van der Waals surface area contributed by atoms with Crippen molar-refractivity contribution in [2.45, 2.75) is 18.3 Å².